The first kappa shape index (κ1) is 23.8. The van der Waals surface area contributed by atoms with Crippen molar-refractivity contribution in [1.29, 1.82) is 0 Å². The molecule has 3 aromatic rings. The first-order valence-electron chi connectivity index (χ1n) is 10.8. The molecule has 0 unspecified atom stereocenters. The number of morpholine rings is 2. The van der Waals surface area contributed by atoms with Gasteiger partial charge in [0.1, 0.15) is 24.9 Å². The number of methoxy groups -OCH3 is 1. The summed E-state index contributed by atoms with van der Waals surface area (Å²) in [7, 11) is 1.60. The smallest absolute Gasteiger partial charge is 0.163 e. The number of nitrogens with one attached hydrogen (secondary N) is 1. The zero-order valence-electron chi connectivity index (χ0n) is 18.4. The van der Waals surface area contributed by atoms with Gasteiger partial charge in [0.2, 0.25) is 0 Å². The Labute approximate surface area is 215 Å². The lowest BCUT2D eigenvalue weighted by molar-refractivity contribution is -0.124. The Morgan fingerprint density at radius 3 is 2.91 bits per heavy atom. The number of ether oxygens (including phenoxy) is 4. The molecule has 0 radical (unpaired) electrons. The maximum atomic E-state index is 6.41. The monoisotopic (exact) mass is 568 g/mol. The fourth-order valence-corrected chi connectivity index (χ4v) is 4.94. The molecule has 0 bridgehead atoms. The molecule has 180 valence electrons. The quantitative estimate of drug-likeness (QED) is 0.419. The van der Waals surface area contributed by atoms with Crippen LogP contribution < -0.4 is 14.8 Å². The molecule has 8 nitrogen and oxygen atoms in total. The number of hydrogen-bond acceptors (Lipinski definition) is 8. The number of rotatable bonds is 6. The van der Waals surface area contributed by atoms with E-state index in [1.54, 1.807) is 7.11 Å². The molecule has 0 spiro atoms. The predicted octanol–water partition coefficient (Wildman–Crippen LogP) is 4.93. The maximum absolute atomic E-state index is 6.41. The van der Waals surface area contributed by atoms with E-state index in [2.05, 4.69) is 36.1 Å². The van der Waals surface area contributed by atoms with Crippen molar-refractivity contribution in [2.75, 3.05) is 51.9 Å². The molecule has 0 aliphatic carbocycles. The van der Waals surface area contributed by atoms with Crippen LogP contribution in [0.2, 0.25) is 10.0 Å². The molecule has 2 aliphatic rings. The largest absolute Gasteiger partial charge is 0.493 e. The van der Waals surface area contributed by atoms with Crippen molar-refractivity contribution in [2.24, 2.45) is 0 Å². The SMILES string of the molecule is COc1cc2c(Nc3ccc(Br)c(Cl)c3Cl)ncnc2cc1OC[C@@H]1CN2CCOC[C@H]2CO1. The zero-order valence-corrected chi connectivity index (χ0v) is 21.5. The molecule has 2 saturated heterocycles. The minimum atomic E-state index is -0.0262. The van der Waals surface area contributed by atoms with E-state index in [-0.39, 0.29) is 6.10 Å². The summed E-state index contributed by atoms with van der Waals surface area (Å²) in [5.41, 5.74) is 1.33. The van der Waals surface area contributed by atoms with Gasteiger partial charge in [0.25, 0.3) is 0 Å². The standard InChI is InChI=1S/C23H23BrCl2N4O4/c1-31-19-6-15-18(27-12-28-23(15)29-17-3-2-16(24)21(25)22(17)26)7-20(19)34-11-14-8-30-4-5-32-9-13(30)10-33-14/h2-3,6-7,12-14H,4-5,8-11H2,1H3,(H,27,28,29)/t13-,14-/m0/s1. The molecule has 2 aliphatic heterocycles. The van der Waals surface area contributed by atoms with Crippen LogP contribution in [-0.4, -0.2) is 73.6 Å². The van der Waals surface area contributed by atoms with E-state index >= 15 is 0 Å². The van der Waals surface area contributed by atoms with Crippen molar-refractivity contribution in [2.45, 2.75) is 12.1 Å². The molecule has 1 N–H and O–H groups in total. The minimum absolute atomic E-state index is 0.0262. The summed E-state index contributed by atoms with van der Waals surface area (Å²) in [6.07, 6.45) is 1.46. The van der Waals surface area contributed by atoms with E-state index in [4.69, 9.17) is 42.1 Å². The minimum Gasteiger partial charge on any atom is -0.493 e. The van der Waals surface area contributed by atoms with Crippen molar-refractivity contribution in [1.82, 2.24) is 14.9 Å². The third kappa shape index (κ3) is 4.91. The lowest BCUT2D eigenvalue weighted by atomic mass is 10.1. The topological polar surface area (TPSA) is 78.0 Å². The van der Waals surface area contributed by atoms with E-state index in [0.717, 1.165) is 31.7 Å². The van der Waals surface area contributed by atoms with Crippen LogP contribution >= 0.6 is 39.1 Å². The molecule has 3 heterocycles. The summed E-state index contributed by atoms with van der Waals surface area (Å²) in [6, 6.07) is 7.67. The average molecular weight is 570 g/mol. The van der Waals surface area contributed by atoms with Gasteiger partial charge < -0.3 is 24.3 Å². The van der Waals surface area contributed by atoms with Gasteiger partial charge in [0.05, 0.1) is 54.2 Å². The normalized spacial score (nSPS) is 20.7. The summed E-state index contributed by atoms with van der Waals surface area (Å²) < 4.78 is 24.0. The Morgan fingerprint density at radius 2 is 2.06 bits per heavy atom. The molecule has 2 atom stereocenters. The fourth-order valence-electron chi connectivity index (χ4n) is 4.11. The van der Waals surface area contributed by atoms with Crippen LogP contribution in [0.4, 0.5) is 11.5 Å². The second kappa shape index (κ2) is 10.4. The van der Waals surface area contributed by atoms with Crippen LogP contribution in [0.5, 0.6) is 11.5 Å². The van der Waals surface area contributed by atoms with E-state index < -0.39 is 0 Å². The summed E-state index contributed by atoms with van der Waals surface area (Å²) in [5.74, 6) is 1.74. The second-order valence-corrected chi connectivity index (χ2v) is 9.69. The number of fused-ring (bicyclic) bond motifs is 2. The Kier molecular flexibility index (Phi) is 7.29. The van der Waals surface area contributed by atoms with Crippen LogP contribution in [0.15, 0.2) is 35.1 Å². The predicted molar refractivity (Wildman–Crippen MR) is 135 cm³/mol. The van der Waals surface area contributed by atoms with Gasteiger partial charge in [-0.05, 0) is 34.1 Å². The summed E-state index contributed by atoms with van der Waals surface area (Å²) in [5, 5.41) is 4.82. The molecule has 1 aromatic heterocycles. The average Bonchev–Trinajstić information content (AvgIpc) is 2.87. The molecule has 0 amide bonds. The van der Waals surface area contributed by atoms with Crippen molar-refractivity contribution in [3.63, 3.8) is 0 Å². The molecule has 11 heteroatoms. The highest BCUT2D eigenvalue weighted by Crippen LogP contribution is 2.39. The molecule has 2 aromatic carbocycles. The van der Waals surface area contributed by atoms with Crippen LogP contribution in [0.25, 0.3) is 10.9 Å². The first-order chi connectivity index (χ1) is 16.5. The van der Waals surface area contributed by atoms with Gasteiger partial charge in [-0.15, -0.1) is 0 Å². The third-order valence-corrected chi connectivity index (χ3v) is 7.72. The van der Waals surface area contributed by atoms with Gasteiger partial charge in [-0.1, -0.05) is 23.2 Å². The van der Waals surface area contributed by atoms with Crippen LogP contribution in [-0.2, 0) is 9.47 Å². The molecule has 0 saturated carbocycles. The lowest BCUT2D eigenvalue weighted by Gasteiger charge is -2.41. The molecule has 34 heavy (non-hydrogen) atoms. The van der Waals surface area contributed by atoms with Crippen LogP contribution in [0.1, 0.15) is 0 Å². The number of aromatic nitrogens is 2. The maximum Gasteiger partial charge on any atom is 0.163 e. The Hall–Kier alpha value is -1.88. The number of nitrogens with zero attached hydrogens (tertiary/aromatic N) is 3. The van der Waals surface area contributed by atoms with E-state index in [1.165, 1.54) is 6.33 Å². The van der Waals surface area contributed by atoms with Crippen LogP contribution in [0.3, 0.4) is 0 Å². The Balaban J connectivity index is 1.36. The Bertz CT molecular complexity index is 1200. The number of hydrogen-bond donors (Lipinski definition) is 1. The van der Waals surface area contributed by atoms with E-state index in [0.29, 0.717) is 62.3 Å². The molecule has 5 rings (SSSR count). The lowest BCUT2D eigenvalue weighted by Crippen LogP contribution is -2.56. The van der Waals surface area contributed by atoms with Gasteiger partial charge in [-0.3, -0.25) is 4.90 Å². The second-order valence-electron chi connectivity index (χ2n) is 8.08. The zero-order chi connectivity index (χ0) is 23.7. The fraction of sp³-hybridized carbons (Fsp3) is 0.391. The highest BCUT2D eigenvalue weighted by Gasteiger charge is 2.31. The van der Waals surface area contributed by atoms with Crippen molar-refractivity contribution in [3.8, 4) is 11.5 Å². The molecular weight excluding hydrogens is 547 g/mol. The number of benzene rings is 2. The summed E-state index contributed by atoms with van der Waals surface area (Å²) in [6.45, 7) is 4.28. The van der Waals surface area contributed by atoms with Crippen molar-refractivity contribution in [3.05, 3.63) is 45.1 Å². The highest BCUT2D eigenvalue weighted by atomic mass is 79.9. The van der Waals surface area contributed by atoms with E-state index in [9.17, 15) is 0 Å². The van der Waals surface area contributed by atoms with Gasteiger partial charge in [-0.25, -0.2) is 9.97 Å². The van der Waals surface area contributed by atoms with Crippen molar-refractivity contribution < 1.29 is 18.9 Å². The highest BCUT2D eigenvalue weighted by molar-refractivity contribution is 9.10. The van der Waals surface area contributed by atoms with Gasteiger partial charge >= 0.3 is 0 Å². The van der Waals surface area contributed by atoms with Crippen LogP contribution in [0, 0.1) is 0 Å². The summed E-state index contributed by atoms with van der Waals surface area (Å²) in [4.78, 5) is 11.2. The third-order valence-electron chi connectivity index (χ3n) is 5.95. The number of anilines is 2. The molecule has 2 fully saturated rings. The van der Waals surface area contributed by atoms with Gasteiger partial charge in [0.15, 0.2) is 11.5 Å². The van der Waals surface area contributed by atoms with Gasteiger partial charge in [0, 0.05) is 29.0 Å². The summed E-state index contributed by atoms with van der Waals surface area (Å²) >= 11 is 16.0. The first-order valence-corrected chi connectivity index (χ1v) is 12.4. The molecular formula is C23H23BrCl2N4O4. The van der Waals surface area contributed by atoms with E-state index in [1.807, 2.05) is 24.3 Å². The van der Waals surface area contributed by atoms with Gasteiger partial charge in [-0.2, -0.15) is 0 Å². The Morgan fingerprint density at radius 1 is 1.18 bits per heavy atom. The van der Waals surface area contributed by atoms with Crippen molar-refractivity contribution >= 4 is 61.5 Å². The number of halogens is 3.